The lowest BCUT2D eigenvalue weighted by molar-refractivity contribution is -0.119. The third kappa shape index (κ3) is 3.28. The second-order valence-corrected chi connectivity index (χ2v) is 5.95. The predicted molar refractivity (Wildman–Crippen MR) is 80.0 cm³/mol. The average Bonchev–Trinajstić information content (AvgIpc) is 2.33. The van der Waals surface area contributed by atoms with Crippen LogP contribution in [0.1, 0.15) is 31.2 Å². The molecular weight excluding hydrogens is 260 g/mol. The van der Waals surface area contributed by atoms with Crippen LogP contribution in [-0.4, -0.2) is 38.0 Å². The lowest BCUT2D eigenvalue weighted by Gasteiger charge is -2.33. The number of hydrogen-bond donors (Lipinski definition) is 0. The van der Waals surface area contributed by atoms with Crippen molar-refractivity contribution in [1.82, 2.24) is 4.90 Å². The fraction of sp³-hybridized carbons (Fsp3) is 0.533. The van der Waals surface area contributed by atoms with Crippen molar-refractivity contribution in [3.8, 4) is 0 Å². The molecular formula is C15H21ClN2O. The standard InChI is InChI=1S/C15H21ClN2O/c1-11-9-15(19)18(8-4-7-17(2)3)14-6-5-12(16)10-13(11)14/h5-6,10-11H,4,7-9H2,1-3H3/t11-/m0/s1. The van der Waals surface area contributed by atoms with Gasteiger partial charge in [0.1, 0.15) is 0 Å². The van der Waals surface area contributed by atoms with Gasteiger partial charge >= 0.3 is 0 Å². The normalized spacial score (nSPS) is 18.9. The van der Waals surface area contributed by atoms with Crippen molar-refractivity contribution < 1.29 is 4.79 Å². The molecule has 0 N–H and O–H groups in total. The van der Waals surface area contributed by atoms with E-state index < -0.39 is 0 Å². The predicted octanol–water partition coefficient (Wildman–Crippen LogP) is 3.13. The van der Waals surface area contributed by atoms with E-state index in [0.717, 1.165) is 30.2 Å². The number of nitrogens with zero attached hydrogens (tertiary/aromatic N) is 2. The first-order valence-electron chi connectivity index (χ1n) is 6.73. The molecule has 19 heavy (non-hydrogen) atoms. The molecule has 0 saturated heterocycles. The van der Waals surface area contributed by atoms with Gasteiger partial charge in [-0.2, -0.15) is 0 Å². The molecule has 1 aromatic rings. The number of hydrogen-bond acceptors (Lipinski definition) is 2. The van der Waals surface area contributed by atoms with Gasteiger partial charge in [-0.15, -0.1) is 0 Å². The van der Waals surface area contributed by atoms with Crippen LogP contribution in [0.2, 0.25) is 5.02 Å². The average molecular weight is 281 g/mol. The number of fused-ring (bicyclic) bond motifs is 1. The Morgan fingerprint density at radius 3 is 2.84 bits per heavy atom. The van der Waals surface area contributed by atoms with Crippen LogP contribution in [0.15, 0.2) is 18.2 Å². The fourth-order valence-electron chi connectivity index (χ4n) is 2.57. The van der Waals surface area contributed by atoms with E-state index in [9.17, 15) is 4.79 Å². The number of amides is 1. The van der Waals surface area contributed by atoms with Crippen molar-refractivity contribution >= 4 is 23.2 Å². The molecule has 0 radical (unpaired) electrons. The summed E-state index contributed by atoms with van der Waals surface area (Å²) in [4.78, 5) is 16.3. The van der Waals surface area contributed by atoms with Crippen molar-refractivity contribution in [2.24, 2.45) is 0 Å². The lowest BCUT2D eigenvalue weighted by Crippen LogP contribution is -2.37. The molecule has 1 aliphatic heterocycles. The van der Waals surface area contributed by atoms with Gasteiger partial charge in [-0.3, -0.25) is 4.79 Å². The van der Waals surface area contributed by atoms with Gasteiger partial charge in [0, 0.05) is 23.7 Å². The topological polar surface area (TPSA) is 23.6 Å². The van der Waals surface area contributed by atoms with Crippen LogP contribution in [0.25, 0.3) is 0 Å². The maximum absolute atomic E-state index is 12.2. The maximum Gasteiger partial charge on any atom is 0.227 e. The van der Waals surface area contributed by atoms with Crippen molar-refractivity contribution in [3.63, 3.8) is 0 Å². The summed E-state index contributed by atoms with van der Waals surface area (Å²) in [5.74, 6) is 0.479. The SMILES string of the molecule is C[C@H]1CC(=O)N(CCCN(C)C)c2ccc(Cl)cc21. The molecule has 0 saturated carbocycles. The fourth-order valence-corrected chi connectivity index (χ4v) is 2.75. The largest absolute Gasteiger partial charge is 0.312 e. The third-order valence-corrected chi connectivity index (χ3v) is 3.82. The third-order valence-electron chi connectivity index (χ3n) is 3.58. The molecule has 4 heteroatoms. The number of halogens is 1. The highest BCUT2D eigenvalue weighted by atomic mass is 35.5. The van der Waals surface area contributed by atoms with Crippen LogP contribution in [-0.2, 0) is 4.79 Å². The number of anilines is 1. The molecule has 0 aliphatic carbocycles. The Morgan fingerprint density at radius 1 is 1.42 bits per heavy atom. The Kier molecular flexibility index (Phi) is 4.48. The zero-order valence-electron chi connectivity index (χ0n) is 11.8. The molecule has 0 spiro atoms. The van der Waals surface area contributed by atoms with E-state index in [1.807, 2.05) is 37.2 Å². The van der Waals surface area contributed by atoms with Gasteiger partial charge in [-0.1, -0.05) is 18.5 Å². The molecule has 2 rings (SSSR count). The Hall–Kier alpha value is -1.06. The summed E-state index contributed by atoms with van der Waals surface area (Å²) in [6.07, 6.45) is 1.56. The van der Waals surface area contributed by atoms with E-state index in [2.05, 4.69) is 11.8 Å². The smallest absolute Gasteiger partial charge is 0.227 e. The molecule has 0 bridgehead atoms. The van der Waals surface area contributed by atoms with Gasteiger partial charge in [0.05, 0.1) is 0 Å². The highest BCUT2D eigenvalue weighted by molar-refractivity contribution is 6.30. The second kappa shape index (κ2) is 5.93. The van der Waals surface area contributed by atoms with E-state index in [-0.39, 0.29) is 11.8 Å². The number of carbonyl (C=O) groups is 1. The van der Waals surface area contributed by atoms with Gasteiger partial charge in [0.15, 0.2) is 0 Å². The number of carbonyl (C=O) groups excluding carboxylic acids is 1. The highest BCUT2D eigenvalue weighted by Gasteiger charge is 2.28. The monoisotopic (exact) mass is 280 g/mol. The van der Waals surface area contributed by atoms with Crippen LogP contribution in [0.4, 0.5) is 5.69 Å². The van der Waals surface area contributed by atoms with Gasteiger partial charge in [-0.25, -0.2) is 0 Å². The van der Waals surface area contributed by atoms with Crippen molar-refractivity contribution in [2.75, 3.05) is 32.1 Å². The molecule has 104 valence electrons. The van der Waals surface area contributed by atoms with Crippen LogP contribution >= 0.6 is 11.6 Å². The Bertz CT molecular complexity index is 473. The summed E-state index contributed by atoms with van der Waals surface area (Å²) in [6, 6.07) is 5.83. The summed E-state index contributed by atoms with van der Waals surface area (Å²) in [6.45, 7) is 3.85. The van der Waals surface area contributed by atoms with Crippen LogP contribution in [0, 0.1) is 0 Å². The first-order chi connectivity index (χ1) is 8.99. The van der Waals surface area contributed by atoms with E-state index in [0.29, 0.717) is 6.42 Å². The van der Waals surface area contributed by atoms with Crippen LogP contribution < -0.4 is 4.90 Å². The maximum atomic E-state index is 12.2. The second-order valence-electron chi connectivity index (χ2n) is 5.51. The molecule has 0 aromatic heterocycles. The van der Waals surface area contributed by atoms with Gasteiger partial charge in [0.2, 0.25) is 5.91 Å². The molecule has 1 atom stereocenters. The molecule has 3 nitrogen and oxygen atoms in total. The quantitative estimate of drug-likeness (QED) is 0.846. The van der Waals surface area contributed by atoms with Crippen molar-refractivity contribution in [3.05, 3.63) is 28.8 Å². The van der Waals surface area contributed by atoms with Crippen molar-refractivity contribution in [1.29, 1.82) is 0 Å². The van der Waals surface area contributed by atoms with Crippen molar-refractivity contribution in [2.45, 2.75) is 25.7 Å². The Morgan fingerprint density at radius 2 is 2.16 bits per heavy atom. The first-order valence-corrected chi connectivity index (χ1v) is 7.11. The molecule has 0 fully saturated rings. The summed E-state index contributed by atoms with van der Waals surface area (Å²) in [5, 5.41) is 0.744. The molecule has 1 aliphatic rings. The minimum absolute atomic E-state index is 0.223. The summed E-state index contributed by atoms with van der Waals surface area (Å²) >= 11 is 6.06. The highest BCUT2D eigenvalue weighted by Crippen LogP contribution is 2.37. The molecule has 1 amide bonds. The van der Waals surface area contributed by atoms with Gasteiger partial charge in [-0.05, 0) is 56.7 Å². The molecule has 1 heterocycles. The van der Waals surface area contributed by atoms with Gasteiger partial charge < -0.3 is 9.80 Å². The summed E-state index contributed by atoms with van der Waals surface area (Å²) < 4.78 is 0. The van der Waals surface area contributed by atoms with E-state index in [4.69, 9.17) is 11.6 Å². The Balaban J connectivity index is 2.20. The minimum Gasteiger partial charge on any atom is -0.312 e. The van der Waals surface area contributed by atoms with Crippen LogP contribution in [0.5, 0.6) is 0 Å². The first kappa shape index (κ1) is 14.4. The van der Waals surface area contributed by atoms with Gasteiger partial charge in [0.25, 0.3) is 0 Å². The summed E-state index contributed by atoms with van der Waals surface area (Å²) in [7, 11) is 4.10. The molecule has 0 unspecified atom stereocenters. The zero-order valence-corrected chi connectivity index (χ0v) is 12.6. The van der Waals surface area contributed by atoms with E-state index in [1.54, 1.807) is 0 Å². The lowest BCUT2D eigenvalue weighted by atomic mass is 9.91. The molecule has 1 aromatic carbocycles. The number of rotatable bonds is 4. The van der Waals surface area contributed by atoms with E-state index >= 15 is 0 Å². The Labute approximate surface area is 120 Å². The zero-order chi connectivity index (χ0) is 14.0. The minimum atomic E-state index is 0.223. The van der Waals surface area contributed by atoms with Crippen LogP contribution in [0.3, 0.4) is 0 Å². The summed E-state index contributed by atoms with van der Waals surface area (Å²) in [5.41, 5.74) is 2.23. The van der Waals surface area contributed by atoms with E-state index in [1.165, 1.54) is 5.56 Å². The number of benzene rings is 1.